The van der Waals surface area contributed by atoms with Gasteiger partial charge in [0.1, 0.15) is 0 Å². The molecule has 0 amide bonds. The van der Waals surface area contributed by atoms with Crippen LogP contribution in [0, 0.1) is 0 Å². The first-order chi connectivity index (χ1) is 14.6. The molecule has 0 spiro atoms. The number of hydrogen-bond donors (Lipinski definition) is 2. The maximum atomic E-state index is 13.0. The first-order valence-corrected chi connectivity index (χ1v) is 11.1. The number of alkyl halides is 3. The summed E-state index contributed by atoms with van der Waals surface area (Å²) in [5.41, 5.74) is -2.77. The summed E-state index contributed by atoms with van der Waals surface area (Å²) in [6, 6.07) is 12.6. The van der Waals surface area contributed by atoms with Crippen LogP contribution in [0.25, 0.3) is 10.9 Å². The molecule has 6 nitrogen and oxygen atoms in total. The zero-order valence-electron chi connectivity index (χ0n) is 16.2. The van der Waals surface area contributed by atoms with Gasteiger partial charge in [-0.25, -0.2) is 13.2 Å². The number of nitrogens with zero attached hydrogens (tertiary/aromatic N) is 1. The maximum Gasteiger partial charge on any atom is 0.511 e. The summed E-state index contributed by atoms with van der Waals surface area (Å²) in [6.07, 6.45) is 1.28. The largest absolute Gasteiger partial charge is 0.511 e. The van der Waals surface area contributed by atoms with E-state index in [1.807, 2.05) is 9.29 Å². The lowest BCUT2D eigenvalue weighted by Gasteiger charge is -2.26. The Labute approximate surface area is 176 Å². The minimum Gasteiger partial charge on any atom is -0.478 e. The third-order valence-corrected chi connectivity index (χ3v) is 6.76. The number of rotatable bonds is 5. The van der Waals surface area contributed by atoms with Crippen LogP contribution in [0.3, 0.4) is 0 Å². The average Bonchev–Trinajstić information content (AvgIpc) is 3.02. The van der Waals surface area contributed by atoms with E-state index in [4.69, 9.17) is 0 Å². The Morgan fingerprint density at radius 3 is 2.52 bits per heavy atom. The maximum absolute atomic E-state index is 13.0. The fourth-order valence-electron chi connectivity index (χ4n) is 4.25. The normalized spacial score (nSPS) is 16.9. The van der Waals surface area contributed by atoms with Crippen molar-refractivity contribution in [2.75, 3.05) is 0 Å². The van der Waals surface area contributed by atoms with Crippen LogP contribution in [0.4, 0.5) is 13.2 Å². The van der Waals surface area contributed by atoms with Crippen molar-refractivity contribution in [2.24, 2.45) is 0 Å². The summed E-state index contributed by atoms with van der Waals surface area (Å²) in [5, 5.41) is 10.2. The zero-order valence-corrected chi connectivity index (χ0v) is 17.0. The van der Waals surface area contributed by atoms with Gasteiger partial charge in [-0.15, -0.1) is 0 Å². The van der Waals surface area contributed by atoms with E-state index in [-0.39, 0.29) is 18.5 Å². The molecule has 2 N–H and O–H groups in total. The molecule has 1 unspecified atom stereocenters. The Bertz CT molecular complexity index is 1270. The summed E-state index contributed by atoms with van der Waals surface area (Å²) in [5.74, 6) is -1.07. The standard InChI is InChI=1S/C21H19F3N2O4S/c22-21(23,24)31(29,30)25-16-9-5-11-18-19(16)15-8-3-4-10-17(15)26(18)12-13-6-1-2-7-14(13)20(27)28/h1-4,6-8,10,16,25H,5,9,11-12H2,(H,27,28). The molecule has 1 aromatic heterocycles. The molecular formula is C21H19F3N2O4S. The predicted molar refractivity (Wildman–Crippen MR) is 108 cm³/mol. The fourth-order valence-corrected chi connectivity index (χ4v) is 4.99. The molecule has 0 saturated heterocycles. The van der Waals surface area contributed by atoms with Gasteiger partial charge < -0.3 is 9.67 Å². The molecule has 0 radical (unpaired) electrons. The average molecular weight is 452 g/mol. The number of aromatic carboxylic acids is 1. The van der Waals surface area contributed by atoms with Crippen molar-refractivity contribution in [3.05, 3.63) is 70.9 Å². The summed E-state index contributed by atoms with van der Waals surface area (Å²) in [6.45, 7) is 0.205. The van der Waals surface area contributed by atoms with E-state index < -0.39 is 27.5 Å². The summed E-state index contributed by atoms with van der Waals surface area (Å²) < 4.78 is 66.2. The quantitative estimate of drug-likeness (QED) is 0.607. The molecular weight excluding hydrogens is 433 g/mol. The van der Waals surface area contributed by atoms with Gasteiger partial charge in [-0.1, -0.05) is 36.4 Å². The third-order valence-electron chi connectivity index (χ3n) is 5.55. The monoisotopic (exact) mass is 452 g/mol. The highest BCUT2D eigenvalue weighted by molar-refractivity contribution is 7.90. The van der Waals surface area contributed by atoms with Gasteiger partial charge in [-0.05, 0) is 42.5 Å². The van der Waals surface area contributed by atoms with Crippen LogP contribution in [0.2, 0.25) is 0 Å². The highest BCUT2D eigenvalue weighted by Crippen LogP contribution is 2.39. The molecule has 0 bridgehead atoms. The number of carboxylic acid groups (broad SMARTS) is 1. The van der Waals surface area contributed by atoms with Gasteiger partial charge in [-0.2, -0.15) is 17.9 Å². The lowest BCUT2D eigenvalue weighted by molar-refractivity contribution is -0.0451. The Balaban J connectivity index is 1.85. The van der Waals surface area contributed by atoms with Gasteiger partial charge in [0, 0.05) is 29.2 Å². The minimum atomic E-state index is -5.51. The summed E-state index contributed by atoms with van der Waals surface area (Å²) >= 11 is 0. The van der Waals surface area contributed by atoms with Crippen LogP contribution >= 0.6 is 0 Å². The SMILES string of the molecule is O=C(O)c1ccccc1Cn1c2c(c3ccccc31)C(NS(=O)(=O)C(F)(F)F)CCC2. The molecule has 1 heterocycles. The molecule has 164 valence electrons. The topological polar surface area (TPSA) is 88.4 Å². The number of sulfonamides is 1. The molecule has 10 heteroatoms. The van der Waals surface area contributed by atoms with Crippen LogP contribution in [0.15, 0.2) is 48.5 Å². The molecule has 1 aliphatic rings. The third kappa shape index (κ3) is 3.81. The van der Waals surface area contributed by atoms with E-state index in [9.17, 15) is 31.5 Å². The van der Waals surface area contributed by atoms with Gasteiger partial charge in [-0.3, -0.25) is 0 Å². The molecule has 1 aliphatic carbocycles. The van der Waals surface area contributed by atoms with E-state index >= 15 is 0 Å². The second kappa shape index (κ2) is 7.69. The lowest BCUT2D eigenvalue weighted by Crippen LogP contribution is -2.39. The molecule has 4 rings (SSSR count). The molecule has 2 aromatic carbocycles. The number of fused-ring (bicyclic) bond motifs is 3. The van der Waals surface area contributed by atoms with Crippen molar-refractivity contribution < 1.29 is 31.5 Å². The van der Waals surface area contributed by atoms with E-state index in [0.29, 0.717) is 40.6 Å². The van der Waals surface area contributed by atoms with E-state index in [0.717, 1.165) is 0 Å². The Hall–Kier alpha value is -2.85. The van der Waals surface area contributed by atoms with Crippen molar-refractivity contribution in [3.63, 3.8) is 0 Å². The molecule has 1 atom stereocenters. The molecule has 0 saturated carbocycles. The number of benzene rings is 2. The minimum absolute atomic E-state index is 0.138. The molecule has 31 heavy (non-hydrogen) atoms. The molecule has 0 fully saturated rings. The second-order valence-corrected chi connectivity index (χ2v) is 9.14. The predicted octanol–water partition coefficient (Wildman–Crippen LogP) is 4.20. The van der Waals surface area contributed by atoms with E-state index in [1.165, 1.54) is 6.07 Å². The number of halogens is 3. The first kappa shape index (κ1) is 21.4. The number of aromatic nitrogens is 1. The number of hydrogen-bond acceptors (Lipinski definition) is 3. The van der Waals surface area contributed by atoms with Crippen LogP contribution in [-0.4, -0.2) is 29.6 Å². The number of para-hydroxylation sites is 1. The summed E-state index contributed by atoms with van der Waals surface area (Å²) in [7, 11) is -5.51. The highest BCUT2D eigenvalue weighted by Gasteiger charge is 2.47. The van der Waals surface area contributed by atoms with Gasteiger partial charge in [0.2, 0.25) is 0 Å². The Kier molecular flexibility index (Phi) is 5.30. The van der Waals surface area contributed by atoms with Crippen molar-refractivity contribution in [1.82, 2.24) is 9.29 Å². The van der Waals surface area contributed by atoms with Crippen molar-refractivity contribution in [2.45, 2.75) is 37.4 Å². The van der Waals surface area contributed by atoms with Crippen molar-refractivity contribution in [1.29, 1.82) is 0 Å². The highest BCUT2D eigenvalue weighted by atomic mass is 32.2. The van der Waals surface area contributed by atoms with Gasteiger partial charge in [0.15, 0.2) is 0 Å². The zero-order chi connectivity index (χ0) is 22.4. The lowest BCUT2D eigenvalue weighted by atomic mass is 9.91. The fraction of sp³-hybridized carbons (Fsp3) is 0.286. The summed E-state index contributed by atoms with van der Waals surface area (Å²) in [4.78, 5) is 11.6. The Morgan fingerprint density at radius 2 is 1.81 bits per heavy atom. The number of nitrogens with one attached hydrogen (secondary N) is 1. The number of carbonyl (C=O) groups is 1. The Morgan fingerprint density at radius 1 is 1.13 bits per heavy atom. The van der Waals surface area contributed by atoms with Crippen LogP contribution in [0.1, 0.15) is 46.1 Å². The van der Waals surface area contributed by atoms with E-state index in [1.54, 1.807) is 42.5 Å². The van der Waals surface area contributed by atoms with Gasteiger partial charge in [0.05, 0.1) is 5.56 Å². The van der Waals surface area contributed by atoms with Crippen molar-refractivity contribution >= 4 is 26.9 Å². The van der Waals surface area contributed by atoms with Gasteiger partial charge >= 0.3 is 21.5 Å². The molecule has 0 aliphatic heterocycles. The van der Waals surface area contributed by atoms with E-state index in [2.05, 4.69) is 0 Å². The molecule has 3 aromatic rings. The smallest absolute Gasteiger partial charge is 0.478 e. The van der Waals surface area contributed by atoms with Crippen LogP contribution < -0.4 is 4.72 Å². The van der Waals surface area contributed by atoms with Gasteiger partial charge in [0.25, 0.3) is 0 Å². The number of carboxylic acids is 1. The van der Waals surface area contributed by atoms with Crippen LogP contribution in [0.5, 0.6) is 0 Å². The first-order valence-electron chi connectivity index (χ1n) is 9.60. The van der Waals surface area contributed by atoms with Crippen molar-refractivity contribution in [3.8, 4) is 0 Å². The second-order valence-electron chi connectivity index (χ2n) is 7.44. The van der Waals surface area contributed by atoms with Crippen LogP contribution in [-0.2, 0) is 23.0 Å².